The van der Waals surface area contributed by atoms with Crippen LogP contribution in [-0.2, 0) is 11.3 Å². The third-order valence-corrected chi connectivity index (χ3v) is 2.94. The highest BCUT2D eigenvalue weighted by Crippen LogP contribution is 2.06. The van der Waals surface area contributed by atoms with E-state index in [2.05, 4.69) is 10.4 Å². The van der Waals surface area contributed by atoms with Gasteiger partial charge in [0.05, 0.1) is 17.7 Å². The zero-order valence-corrected chi connectivity index (χ0v) is 11.2. The molecule has 0 saturated heterocycles. The highest BCUT2D eigenvalue weighted by atomic mass is 16.3. The van der Waals surface area contributed by atoms with E-state index < -0.39 is 6.10 Å². The Bertz CT molecular complexity index is 664. The van der Waals surface area contributed by atoms with E-state index in [0.717, 1.165) is 10.1 Å². The number of aliphatic hydroxyl groups excluding tert-OH is 1. The smallest absolute Gasteiger partial charge is 0.275 e. The van der Waals surface area contributed by atoms with Crippen molar-refractivity contribution in [3.63, 3.8) is 0 Å². The minimum atomic E-state index is -0.461. The summed E-state index contributed by atoms with van der Waals surface area (Å²) in [5.74, 6) is -0.296. The number of nitrogens with one attached hydrogen (secondary N) is 1. The molecular formula is C14H17N3O3. The van der Waals surface area contributed by atoms with Crippen LogP contribution in [0.25, 0.3) is 10.8 Å². The van der Waals surface area contributed by atoms with E-state index in [1.807, 2.05) is 6.07 Å². The largest absolute Gasteiger partial charge is 0.393 e. The third kappa shape index (κ3) is 3.42. The maximum Gasteiger partial charge on any atom is 0.275 e. The monoisotopic (exact) mass is 275 g/mol. The molecular weight excluding hydrogens is 258 g/mol. The van der Waals surface area contributed by atoms with Gasteiger partial charge in [0, 0.05) is 11.9 Å². The summed E-state index contributed by atoms with van der Waals surface area (Å²) in [7, 11) is 0. The van der Waals surface area contributed by atoms with E-state index in [-0.39, 0.29) is 18.0 Å². The molecule has 6 nitrogen and oxygen atoms in total. The molecule has 0 saturated carbocycles. The quantitative estimate of drug-likeness (QED) is 0.821. The molecule has 0 radical (unpaired) electrons. The van der Waals surface area contributed by atoms with Crippen molar-refractivity contribution in [1.29, 1.82) is 0 Å². The summed E-state index contributed by atoms with van der Waals surface area (Å²) in [5.41, 5.74) is -0.284. The number of carbonyl (C=O) groups is 1. The molecule has 0 fully saturated rings. The maximum absolute atomic E-state index is 12.1. The summed E-state index contributed by atoms with van der Waals surface area (Å²) in [6.07, 6.45) is 1.59. The molecule has 1 aromatic heterocycles. The molecule has 0 spiro atoms. The Morgan fingerprint density at radius 3 is 2.95 bits per heavy atom. The predicted octanol–water partition coefficient (Wildman–Crippen LogP) is 0.284. The van der Waals surface area contributed by atoms with Crippen molar-refractivity contribution < 1.29 is 9.90 Å². The lowest BCUT2D eigenvalue weighted by Crippen LogP contribution is -2.34. The van der Waals surface area contributed by atoms with Crippen molar-refractivity contribution in [2.24, 2.45) is 0 Å². The second kappa shape index (κ2) is 6.29. The lowest BCUT2D eigenvalue weighted by Gasteiger charge is -2.08. The molecule has 106 valence electrons. The van der Waals surface area contributed by atoms with Crippen LogP contribution in [0.15, 0.2) is 35.3 Å². The molecule has 1 atom stereocenters. The van der Waals surface area contributed by atoms with Gasteiger partial charge < -0.3 is 10.4 Å². The van der Waals surface area contributed by atoms with Crippen LogP contribution < -0.4 is 10.9 Å². The van der Waals surface area contributed by atoms with Crippen LogP contribution in [-0.4, -0.2) is 33.4 Å². The zero-order valence-electron chi connectivity index (χ0n) is 11.2. The normalized spacial score (nSPS) is 12.3. The van der Waals surface area contributed by atoms with Crippen LogP contribution in [0.2, 0.25) is 0 Å². The van der Waals surface area contributed by atoms with Gasteiger partial charge in [0.15, 0.2) is 0 Å². The number of hydrogen-bond acceptors (Lipinski definition) is 4. The van der Waals surface area contributed by atoms with Gasteiger partial charge >= 0.3 is 0 Å². The van der Waals surface area contributed by atoms with Gasteiger partial charge in [-0.3, -0.25) is 9.59 Å². The number of amides is 1. The maximum atomic E-state index is 12.1. The predicted molar refractivity (Wildman–Crippen MR) is 75.3 cm³/mol. The van der Waals surface area contributed by atoms with Crippen LogP contribution >= 0.6 is 0 Å². The fraction of sp³-hybridized carbons (Fsp3) is 0.357. The van der Waals surface area contributed by atoms with E-state index in [1.165, 1.54) is 0 Å². The minimum Gasteiger partial charge on any atom is -0.393 e. The fourth-order valence-electron chi connectivity index (χ4n) is 1.85. The molecule has 2 rings (SSSR count). The molecule has 20 heavy (non-hydrogen) atoms. The van der Waals surface area contributed by atoms with Crippen molar-refractivity contribution in [3.8, 4) is 0 Å². The molecule has 0 aliphatic rings. The van der Waals surface area contributed by atoms with Crippen LogP contribution in [0, 0.1) is 0 Å². The number of aromatic nitrogens is 2. The molecule has 1 aromatic carbocycles. The first-order valence-electron chi connectivity index (χ1n) is 6.47. The Labute approximate surface area is 116 Å². The average Bonchev–Trinajstić information content (AvgIpc) is 2.42. The van der Waals surface area contributed by atoms with Crippen LogP contribution in [0.5, 0.6) is 0 Å². The van der Waals surface area contributed by atoms with E-state index >= 15 is 0 Å². The zero-order chi connectivity index (χ0) is 14.5. The summed E-state index contributed by atoms with van der Waals surface area (Å²) in [6.45, 7) is 1.91. The van der Waals surface area contributed by atoms with Crippen molar-refractivity contribution >= 4 is 16.7 Å². The molecule has 0 aliphatic heterocycles. The second-order valence-corrected chi connectivity index (χ2v) is 4.68. The van der Waals surface area contributed by atoms with Crippen molar-refractivity contribution in [2.45, 2.75) is 26.0 Å². The summed E-state index contributed by atoms with van der Waals surface area (Å²) in [4.78, 5) is 23.8. The number of aliphatic hydroxyl groups is 1. The number of rotatable bonds is 5. The molecule has 1 heterocycles. The Morgan fingerprint density at radius 1 is 1.45 bits per heavy atom. The lowest BCUT2D eigenvalue weighted by atomic mass is 10.2. The number of benzene rings is 1. The average molecular weight is 275 g/mol. The molecule has 2 N–H and O–H groups in total. The second-order valence-electron chi connectivity index (χ2n) is 4.68. The van der Waals surface area contributed by atoms with Gasteiger partial charge in [-0.1, -0.05) is 18.2 Å². The van der Waals surface area contributed by atoms with Gasteiger partial charge in [0.1, 0.15) is 6.54 Å². The molecule has 0 aliphatic carbocycles. The first kappa shape index (κ1) is 14.2. The van der Waals surface area contributed by atoms with E-state index in [4.69, 9.17) is 5.11 Å². The summed E-state index contributed by atoms with van der Waals surface area (Å²) >= 11 is 0. The molecule has 1 amide bonds. The van der Waals surface area contributed by atoms with Gasteiger partial charge in [-0.25, -0.2) is 4.68 Å². The first-order chi connectivity index (χ1) is 9.58. The van der Waals surface area contributed by atoms with Crippen molar-refractivity contribution in [2.75, 3.05) is 6.54 Å². The number of nitrogens with zero attached hydrogens (tertiary/aromatic N) is 2. The standard InChI is InChI=1S/C14H17N3O3/c1-10(18)6-7-15-13(19)9-17-14(20)12-5-3-2-4-11(12)8-16-17/h2-5,8,10,18H,6-7,9H2,1H3,(H,15,19). The number of hydrogen-bond donors (Lipinski definition) is 2. The topological polar surface area (TPSA) is 84.2 Å². The Balaban J connectivity index is 2.08. The number of fused-ring (bicyclic) bond motifs is 1. The Hall–Kier alpha value is -2.21. The Kier molecular flexibility index (Phi) is 4.47. The fourth-order valence-corrected chi connectivity index (χ4v) is 1.85. The summed E-state index contributed by atoms with van der Waals surface area (Å²) < 4.78 is 1.14. The highest BCUT2D eigenvalue weighted by molar-refractivity contribution is 5.81. The van der Waals surface area contributed by atoms with Crippen LogP contribution in [0.3, 0.4) is 0 Å². The summed E-state index contributed by atoms with van der Waals surface area (Å²) in [6, 6.07) is 7.12. The highest BCUT2D eigenvalue weighted by Gasteiger charge is 2.08. The molecule has 2 aromatic rings. The van der Waals surface area contributed by atoms with Gasteiger partial charge in [-0.05, 0) is 19.4 Å². The first-order valence-corrected chi connectivity index (χ1v) is 6.47. The van der Waals surface area contributed by atoms with Crippen LogP contribution in [0.1, 0.15) is 13.3 Å². The van der Waals surface area contributed by atoms with E-state index in [1.54, 1.807) is 31.3 Å². The van der Waals surface area contributed by atoms with Crippen molar-refractivity contribution in [1.82, 2.24) is 15.1 Å². The third-order valence-electron chi connectivity index (χ3n) is 2.94. The van der Waals surface area contributed by atoms with E-state index in [9.17, 15) is 9.59 Å². The molecule has 1 unspecified atom stereocenters. The van der Waals surface area contributed by atoms with Gasteiger partial charge in [0.2, 0.25) is 5.91 Å². The van der Waals surface area contributed by atoms with Crippen LogP contribution in [0.4, 0.5) is 0 Å². The Morgan fingerprint density at radius 2 is 2.20 bits per heavy atom. The molecule has 0 bridgehead atoms. The van der Waals surface area contributed by atoms with E-state index in [0.29, 0.717) is 18.4 Å². The minimum absolute atomic E-state index is 0.122. The van der Waals surface area contributed by atoms with Gasteiger partial charge in [0.25, 0.3) is 5.56 Å². The van der Waals surface area contributed by atoms with Gasteiger partial charge in [-0.2, -0.15) is 5.10 Å². The van der Waals surface area contributed by atoms with Gasteiger partial charge in [-0.15, -0.1) is 0 Å². The number of carbonyl (C=O) groups excluding carboxylic acids is 1. The SMILES string of the molecule is CC(O)CCNC(=O)Cn1ncc2ccccc2c1=O. The summed E-state index contributed by atoms with van der Waals surface area (Å²) in [5, 5.41) is 17.0. The van der Waals surface area contributed by atoms with Crippen molar-refractivity contribution in [3.05, 3.63) is 40.8 Å². The lowest BCUT2D eigenvalue weighted by molar-refractivity contribution is -0.121. The molecule has 6 heteroatoms.